The first-order valence-electron chi connectivity index (χ1n) is 4.23. The van der Waals surface area contributed by atoms with E-state index in [1.807, 2.05) is 0 Å². The third kappa shape index (κ3) is 1.96. The Hall–Kier alpha value is -1.13. The molecule has 0 saturated heterocycles. The fourth-order valence-corrected chi connectivity index (χ4v) is 2.18. The quantitative estimate of drug-likeness (QED) is 0.770. The highest BCUT2D eigenvalue weighted by Crippen LogP contribution is 2.23. The Balaban J connectivity index is 2.79. The molecule has 1 aromatic heterocycles. The van der Waals surface area contributed by atoms with Crippen LogP contribution in [0.15, 0.2) is 35.4 Å². The Morgan fingerprint density at radius 1 is 1.27 bits per heavy atom. The number of fused-ring (bicyclic) bond motifs is 1. The largest absolute Gasteiger partial charge is 0.256 e. The SMILES string of the molecule is CS(=O)(=O)c1ccc2c(Cl)ccnc2c1. The molecule has 0 saturated carbocycles. The summed E-state index contributed by atoms with van der Waals surface area (Å²) in [6.07, 6.45) is 2.72. The van der Waals surface area contributed by atoms with Crippen LogP contribution in [0.1, 0.15) is 0 Å². The first kappa shape index (κ1) is 10.4. The van der Waals surface area contributed by atoms with Crippen molar-refractivity contribution in [3.8, 4) is 0 Å². The normalized spacial score (nSPS) is 11.9. The van der Waals surface area contributed by atoms with Gasteiger partial charge in [0.05, 0.1) is 15.4 Å². The minimum Gasteiger partial charge on any atom is -0.256 e. The maximum absolute atomic E-state index is 11.3. The Labute approximate surface area is 92.6 Å². The molecule has 15 heavy (non-hydrogen) atoms. The second-order valence-corrected chi connectivity index (χ2v) is 5.67. The molecule has 0 bridgehead atoms. The summed E-state index contributed by atoms with van der Waals surface area (Å²) in [4.78, 5) is 4.32. The number of aromatic nitrogens is 1. The number of sulfone groups is 1. The van der Waals surface area contributed by atoms with E-state index in [2.05, 4.69) is 4.98 Å². The molecule has 78 valence electrons. The lowest BCUT2D eigenvalue weighted by molar-refractivity contribution is 0.602. The van der Waals surface area contributed by atoms with Crippen LogP contribution in [0, 0.1) is 0 Å². The standard InChI is InChI=1S/C10H8ClNO2S/c1-15(13,14)7-2-3-8-9(11)4-5-12-10(8)6-7/h2-6H,1H3. The highest BCUT2D eigenvalue weighted by atomic mass is 35.5. The van der Waals surface area contributed by atoms with Gasteiger partial charge in [-0.1, -0.05) is 17.7 Å². The van der Waals surface area contributed by atoms with Crippen LogP contribution in [0.25, 0.3) is 10.9 Å². The van der Waals surface area contributed by atoms with E-state index < -0.39 is 9.84 Å². The van der Waals surface area contributed by atoms with E-state index in [0.29, 0.717) is 10.5 Å². The first-order chi connectivity index (χ1) is 6.98. The van der Waals surface area contributed by atoms with Crippen molar-refractivity contribution in [2.45, 2.75) is 4.90 Å². The molecule has 1 heterocycles. The summed E-state index contributed by atoms with van der Waals surface area (Å²) in [6, 6.07) is 6.40. The Kier molecular flexibility index (Phi) is 2.40. The zero-order valence-electron chi connectivity index (χ0n) is 7.94. The predicted octanol–water partition coefficient (Wildman–Crippen LogP) is 2.29. The fraction of sp³-hybridized carbons (Fsp3) is 0.100. The van der Waals surface area contributed by atoms with Crippen molar-refractivity contribution in [2.75, 3.05) is 6.26 Å². The third-order valence-corrected chi connectivity index (χ3v) is 3.53. The molecule has 1 aromatic carbocycles. The summed E-state index contributed by atoms with van der Waals surface area (Å²) in [5, 5.41) is 1.33. The van der Waals surface area contributed by atoms with Crippen LogP contribution in [0.3, 0.4) is 0 Å². The van der Waals surface area contributed by atoms with Gasteiger partial charge in [-0.15, -0.1) is 0 Å². The highest BCUT2D eigenvalue weighted by Gasteiger charge is 2.08. The van der Waals surface area contributed by atoms with Gasteiger partial charge in [-0.25, -0.2) is 8.42 Å². The van der Waals surface area contributed by atoms with Crippen LogP contribution >= 0.6 is 11.6 Å². The van der Waals surface area contributed by atoms with E-state index in [9.17, 15) is 8.42 Å². The first-order valence-corrected chi connectivity index (χ1v) is 6.50. The van der Waals surface area contributed by atoms with E-state index in [0.717, 1.165) is 5.39 Å². The van der Waals surface area contributed by atoms with Gasteiger partial charge in [0.1, 0.15) is 0 Å². The maximum atomic E-state index is 11.3. The van der Waals surface area contributed by atoms with Crippen LogP contribution in [0.2, 0.25) is 5.02 Å². The zero-order chi connectivity index (χ0) is 11.1. The Morgan fingerprint density at radius 2 is 2.00 bits per heavy atom. The number of halogens is 1. The Bertz CT molecular complexity index is 622. The molecule has 0 atom stereocenters. The number of hydrogen-bond acceptors (Lipinski definition) is 3. The van der Waals surface area contributed by atoms with E-state index >= 15 is 0 Å². The summed E-state index contributed by atoms with van der Waals surface area (Å²) in [7, 11) is -3.19. The molecule has 0 unspecified atom stereocenters. The lowest BCUT2D eigenvalue weighted by Crippen LogP contribution is -1.96. The monoisotopic (exact) mass is 241 g/mol. The molecule has 0 radical (unpaired) electrons. The van der Waals surface area contributed by atoms with Gasteiger partial charge >= 0.3 is 0 Å². The molecule has 0 spiro atoms. The summed E-state index contributed by atoms with van der Waals surface area (Å²) in [5.41, 5.74) is 0.588. The summed E-state index contributed by atoms with van der Waals surface area (Å²) in [5.74, 6) is 0. The molecule has 0 N–H and O–H groups in total. The summed E-state index contributed by atoms with van der Waals surface area (Å²) in [6.45, 7) is 0. The number of pyridine rings is 1. The molecule has 0 aliphatic carbocycles. The van der Waals surface area contributed by atoms with Crippen LogP contribution in [-0.4, -0.2) is 19.7 Å². The summed E-state index contributed by atoms with van der Waals surface area (Å²) < 4.78 is 22.6. The fourth-order valence-electron chi connectivity index (χ4n) is 1.32. The van der Waals surface area contributed by atoms with Gasteiger partial charge in [0.15, 0.2) is 9.84 Å². The molecule has 3 nitrogen and oxygen atoms in total. The molecule has 0 aliphatic heterocycles. The van der Waals surface area contributed by atoms with Gasteiger partial charge in [0.2, 0.25) is 0 Å². The van der Waals surface area contributed by atoms with Crippen LogP contribution in [-0.2, 0) is 9.84 Å². The van der Waals surface area contributed by atoms with Crippen molar-refractivity contribution in [2.24, 2.45) is 0 Å². The van der Waals surface area contributed by atoms with Crippen molar-refractivity contribution in [1.82, 2.24) is 4.98 Å². The second-order valence-electron chi connectivity index (χ2n) is 3.24. The molecule has 0 fully saturated rings. The van der Waals surface area contributed by atoms with E-state index in [1.165, 1.54) is 18.4 Å². The molecule has 0 amide bonds. The molecule has 5 heteroatoms. The van der Waals surface area contributed by atoms with Crippen molar-refractivity contribution in [1.29, 1.82) is 0 Å². The van der Waals surface area contributed by atoms with Gasteiger partial charge in [-0.3, -0.25) is 4.98 Å². The zero-order valence-corrected chi connectivity index (χ0v) is 9.51. The average Bonchev–Trinajstić information content (AvgIpc) is 2.16. The van der Waals surface area contributed by atoms with Crippen molar-refractivity contribution < 1.29 is 8.42 Å². The number of rotatable bonds is 1. The van der Waals surface area contributed by atoms with Crippen molar-refractivity contribution >= 4 is 32.3 Å². The molecular weight excluding hydrogens is 234 g/mol. The topological polar surface area (TPSA) is 47.0 Å². The van der Waals surface area contributed by atoms with E-state index in [4.69, 9.17) is 11.6 Å². The van der Waals surface area contributed by atoms with Crippen LogP contribution in [0.5, 0.6) is 0 Å². The molecular formula is C10H8ClNO2S. The predicted molar refractivity (Wildman–Crippen MR) is 59.9 cm³/mol. The number of nitrogens with zero attached hydrogens (tertiary/aromatic N) is 1. The lowest BCUT2D eigenvalue weighted by atomic mass is 10.2. The highest BCUT2D eigenvalue weighted by molar-refractivity contribution is 7.90. The molecule has 2 rings (SSSR count). The molecule has 2 aromatic rings. The van der Waals surface area contributed by atoms with Gasteiger partial charge in [-0.2, -0.15) is 0 Å². The minimum absolute atomic E-state index is 0.254. The van der Waals surface area contributed by atoms with Crippen molar-refractivity contribution in [3.63, 3.8) is 0 Å². The van der Waals surface area contributed by atoms with Gasteiger partial charge in [0, 0.05) is 17.8 Å². The van der Waals surface area contributed by atoms with Gasteiger partial charge in [-0.05, 0) is 18.2 Å². The van der Waals surface area contributed by atoms with Crippen molar-refractivity contribution in [3.05, 3.63) is 35.5 Å². The van der Waals surface area contributed by atoms with Gasteiger partial charge < -0.3 is 0 Å². The average molecular weight is 242 g/mol. The van der Waals surface area contributed by atoms with E-state index in [-0.39, 0.29) is 4.90 Å². The second kappa shape index (κ2) is 3.47. The summed E-state index contributed by atoms with van der Waals surface area (Å²) >= 11 is 5.93. The number of benzene rings is 1. The molecule has 0 aliphatic rings. The maximum Gasteiger partial charge on any atom is 0.175 e. The minimum atomic E-state index is -3.19. The number of hydrogen-bond donors (Lipinski definition) is 0. The van der Waals surface area contributed by atoms with Crippen LogP contribution < -0.4 is 0 Å². The third-order valence-electron chi connectivity index (χ3n) is 2.09. The van der Waals surface area contributed by atoms with Crippen LogP contribution in [0.4, 0.5) is 0 Å². The van der Waals surface area contributed by atoms with Gasteiger partial charge in [0.25, 0.3) is 0 Å². The smallest absolute Gasteiger partial charge is 0.175 e. The lowest BCUT2D eigenvalue weighted by Gasteiger charge is -2.02. The Morgan fingerprint density at radius 3 is 2.67 bits per heavy atom. The van der Waals surface area contributed by atoms with E-state index in [1.54, 1.807) is 18.3 Å².